The van der Waals surface area contributed by atoms with E-state index in [1.54, 1.807) is 34.9 Å². The zero-order valence-electron chi connectivity index (χ0n) is 17.7. The predicted molar refractivity (Wildman–Crippen MR) is 124 cm³/mol. The normalized spacial score (nSPS) is 15.8. The number of rotatable bonds is 7. The van der Waals surface area contributed by atoms with E-state index >= 15 is 0 Å². The minimum atomic E-state index is -0.503. The Bertz CT molecular complexity index is 1170. The standard InChI is InChI=1S/C24H24ClNO4S/c1-14(2)29-12-4-11-26-21(15-5-8-17(31-3)9-6-15)20-22(27)18-13-16(25)7-10-19(18)30-23(20)24(26)28/h5-10,13-14,21H,4,11-12H2,1-3H3/t21-/m1/s1. The summed E-state index contributed by atoms with van der Waals surface area (Å²) >= 11 is 7.76. The van der Waals surface area contributed by atoms with Gasteiger partial charge in [0.15, 0.2) is 5.43 Å². The zero-order chi connectivity index (χ0) is 22.1. The van der Waals surface area contributed by atoms with Crippen LogP contribution in [0.15, 0.2) is 56.6 Å². The highest BCUT2D eigenvalue weighted by Gasteiger charge is 2.42. The Morgan fingerprint density at radius 2 is 1.90 bits per heavy atom. The fraction of sp³-hybridized carbons (Fsp3) is 0.333. The summed E-state index contributed by atoms with van der Waals surface area (Å²) in [6.45, 7) is 4.95. The molecule has 1 atom stereocenters. The average molecular weight is 458 g/mol. The Kier molecular flexibility index (Phi) is 6.42. The van der Waals surface area contributed by atoms with Crippen molar-refractivity contribution in [1.82, 2.24) is 4.90 Å². The largest absolute Gasteiger partial charge is 0.450 e. The molecule has 0 radical (unpaired) electrons. The summed E-state index contributed by atoms with van der Waals surface area (Å²) in [6.07, 6.45) is 2.80. The van der Waals surface area contributed by atoms with Crippen molar-refractivity contribution >= 4 is 40.2 Å². The molecule has 2 aromatic carbocycles. The van der Waals surface area contributed by atoms with Gasteiger partial charge in [0.25, 0.3) is 5.91 Å². The smallest absolute Gasteiger partial charge is 0.290 e. The van der Waals surface area contributed by atoms with E-state index in [2.05, 4.69) is 0 Å². The van der Waals surface area contributed by atoms with Crippen LogP contribution in [0.1, 0.15) is 48.0 Å². The van der Waals surface area contributed by atoms with Crippen LogP contribution in [-0.4, -0.2) is 36.3 Å². The lowest BCUT2D eigenvalue weighted by molar-refractivity contribution is 0.0593. The Labute approximate surface area is 190 Å². The number of nitrogens with zero attached hydrogens (tertiary/aromatic N) is 1. The molecule has 0 aliphatic carbocycles. The van der Waals surface area contributed by atoms with E-state index in [9.17, 15) is 9.59 Å². The van der Waals surface area contributed by atoms with Gasteiger partial charge in [-0.1, -0.05) is 23.7 Å². The van der Waals surface area contributed by atoms with Crippen molar-refractivity contribution < 1.29 is 13.9 Å². The number of fused-ring (bicyclic) bond motifs is 2. The van der Waals surface area contributed by atoms with Crippen LogP contribution in [0.3, 0.4) is 0 Å². The molecule has 4 rings (SSSR count). The molecule has 0 bridgehead atoms. The number of carbonyl (C=O) groups is 1. The van der Waals surface area contributed by atoms with Gasteiger partial charge < -0.3 is 14.1 Å². The van der Waals surface area contributed by atoms with Gasteiger partial charge >= 0.3 is 0 Å². The highest BCUT2D eigenvalue weighted by atomic mass is 35.5. The van der Waals surface area contributed by atoms with Crippen LogP contribution in [0, 0.1) is 0 Å². The van der Waals surface area contributed by atoms with Gasteiger partial charge in [-0.2, -0.15) is 0 Å². The van der Waals surface area contributed by atoms with Crippen LogP contribution in [0.2, 0.25) is 5.02 Å². The maximum absolute atomic E-state index is 13.5. The summed E-state index contributed by atoms with van der Waals surface area (Å²) in [7, 11) is 0. The van der Waals surface area contributed by atoms with Crippen LogP contribution in [-0.2, 0) is 4.74 Å². The van der Waals surface area contributed by atoms with Crippen molar-refractivity contribution in [3.63, 3.8) is 0 Å². The number of halogens is 1. The first-order chi connectivity index (χ1) is 14.9. The third-order valence-electron chi connectivity index (χ3n) is 5.35. The summed E-state index contributed by atoms with van der Waals surface area (Å²) in [6, 6.07) is 12.3. The summed E-state index contributed by atoms with van der Waals surface area (Å²) in [5.41, 5.74) is 1.40. The first-order valence-corrected chi connectivity index (χ1v) is 11.8. The van der Waals surface area contributed by atoms with Crippen molar-refractivity contribution in [1.29, 1.82) is 0 Å². The molecule has 7 heteroatoms. The summed E-state index contributed by atoms with van der Waals surface area (Å²) in [4.78, 5) is 29.6. The molecule has 5 nitrogen and oxygen atoms in total. The quantitative estimate of drug-likeness (QED) is 0.345. The van der Waals surface area contributed by atoms with E-state index in [1.807, 2.05) is 44.4 Å². The molecule has 0 spiro atoms. The molecular weight excluding hydrogens is 434 g/mol. The monoisotopic (exact) mass is 457 g/mol. The van der Waals surface area contributed by atoms with E-state index in [4.69, 9.17) is 20.8 Å². The summed E-state index contributed by atoms with van der Waals surface area (Å²) in [5.74, 6) is -0.156. The minimum absolute atomic E-state index is 0.114. The Morgan fingerprint density at radius 3 is 2.58 bits per heavy atom. The zero-order valence-corrected chi connectivity index (χ0v) is 19.3. The number of thioether (sulfide) groups is 1. The van der Waals surface area contributed by atoms with Crippen LogP contribution in [0.5, 0.6) is 0 Å². The number of hydrogen-bond donors (Lipinski definition) is 0. The number of carbonyl (C=O) groups excluding carboxylic acids is 1. The van der Waals surface area contributed by atoms with Crippen molar-refractivity contribution in [2.45, 2.75) is 37.3 Å². The third kappa shape index (κ3) is 4.25. The van der Waals surface area contributed by atoms with Gasteiger partial charge in [-0.15, -0.1) is 11.8 Å². The molecular formula is C24H24ClNO4S. The fourth-order valence-corrected chi connectivity index (χ4v) is 4.49. The van der Waals surface area contributed by atoms with Crippen molar-refractivity contribution in [2.24, 2.45) is 0 Å². The third-order valence-corrected chi connectivity index (χ3v) is 6.33. The Morgan fingerprint density at radius 1 is 1.16 bits per heavy atom. The molecule has 3 aromatic rings. The average Bonchev–Trinajstić information content (AvgIpc) is 3.04. The van der Waals surface area contributed by atoms with Crippen LogP contribution < -0.4 is 5.43 Å². The molecule has 0 unspecified atom stereocenters. The van der Waals surface area contributed by atoms with E-state index in [0.29, 0.717) is 41.1 Å². The second-order valence-electron chi connectivity index (χ2n) is 7.76. The van der Waals surface area contributed by atoms with Gasteiger partial charge in [-0.25, -0.2) is 0 Å². The number of amides is 1. The van der Waals surface area contributed by atoms with E-state index in [-0.39, 0.29) is 23.2 Å². The highest BCUT2D eigenvalue weighted by molar-refractivity contribution is 7.98. The maximum Gasteiger partial charge on any atom is 0.290 e. The fourth-order valence-electron chi connectivity index (χ4n) is 3.91. The van der Waals surface area contributed by atoms with Crippen molar-refractivity contribution in [3.8, 4) is 0 Å². The number of benzene rings is 2. The second kappa shape index (κ2) is 9.07. The molecule has 0 saturated heterocycles. The molecule has 1 amide bonds. The lowest BCUT2D eigenvalue weighted by atomic mass is 9.98. The van der Waals surface area contributed by atoms with Gasteiger partial charge in [0.2, 0.25) is 5.76 Å². The lowest BCUT2D eigenvalue weighted by Gasteiger charge is -2.25. The van der Waals surface area contributed by atoms with Gasteiger partial charge in [0.1, 0.15) is 5.58 Å². The number of ether oxygens (including phenoxy) is 1. The molecule has 162 valence electrons. The Hall–Kier alpha value is -2.28. The van der Waals surface area contributed by atoms with Gasteiger partial charge in [0.05, 0.1) is 23.1 Å². The van der Waals surface area contributed by atoms with Gasteiger partial charge in [0, 0.05) is 23.1 Å². The lowest BCUT2D eigenvalue weighted by Crippen LogP contribution is -2.31. The highest BCUT2D eigenvalue weighted by Crippen LogP contribution is 2.38. The van der Waals surface area contributed by atoms with Gasteiger partial charge in [-0.3, -0.25) is 9.59 Å². The molecule has 1 aliphatic rings. The minimum Gasteiger partial charge on any atom is -0.450 e. The SMILES string of the molecule is CSc1ccc([C@@H]2c3c(oc4ccc(Cl)cc4c3=O)C(=O)N2CCCOC(C)C)cc1. The molecule has 0 saturated carbocycles. The first kappa shape index (κ1) is 21.9. The second-order valence-corrected chi connectivity index (χ2v) is 9.08. The molecule has 1 aromatic heterocycles. The van der Waals surface area contributed by atoms with E-state index in [0.717, 1.165) is 10.5 Å². The van der Waals surface area contributed by atoms with Gasteiger partial charge in [-0.05, 0) is 62.4 Å². The molecule has 2 heterocycles. The first-order valence-electron chi connectivity index (χ1n) is 10.2. The van der Waals surface area contributed by atoms with E-state index < -0.39 is 6.04 Å². The Balaban J connectivity index is 1.81. The summed E-state index contributed by atoms with van der Waals surface area (Å²) in [5, 5.41) is 0.836. The number of hydrogen-bond acceptors (Lipinski definition) is 5. The van der Waals surface area contributed by atoms with Crippen LogP contribution in [0.25, 0.3) is 11.0 Å². The molecule has 1 aliphatic heterocycles. The van der Waals surface area contributed by atoms with Crippen LogP contribution >= 0.6 is 23.4 Å². The topological polar surface area (TPSA) is 59.8 Å². The summed E-state index contributed by atoms with van der Waals surface area (Å²) < 4.78 is 11.6. The molecule has 0 N–H and O–H groups in total. The molecule has 31 heavy (non-hydrogen) atoms. The van der Waals surface area contributed by atoms with E-state index in [1.165, 1.54) is 0 Å². The predicted octanol–water partition coefficient (Wildman–Crippen LogP) is 5.53. The van der Waals surface area contributed by atoms with Crippen LogP contribution in [0.4, 0.5) is 0 Å². The maximum atomic E-state index is 13.5. The van der Waals surface area contributed by atoms with Crippen molar-refractivity contribution in [2.75, 3.05) is 19.4 Å². The van der Waals surface area contributed by atoms with Crippen molar-refractivity contribution in [3.05, 3.63) is 74.6 Å². The molecule has 0 fully saturated rings.